The molecule has 0 fully saturated rings. The third-order valence-corrected chi connectivity index (χ3v) is 6.06. The van der Waals surface area contributed by atoms with Gasteiger partial charge in [-0.05, 0) is 35.9 Å². The lowest BCUT2D eigenvalue weighted by Crippen LogP contribution is -2.26. The fraction of sp³-hybridized carbons (Fsp3) is 0.148. The number of carbonyl (C=O) groups excluding carboxylic acids is 1. The van der Waals surface area contributed by atoms with Crippen LogP contribution in [0.5, 0.6) is 11.5 Å². The Bertz CT molecular complexity index is 1640. The number of ether oxygens (including phenoxy) is 2. The number of amides is 1. The summed E-state index contributed by atoms with van der Waals surface area (Å²) < 4.78 is 27.9. The molecular weight excluding hydrogens is 463 g/mol. The molecule has 3 heterocycles. The van der Waals surface area contributed by atoms with Crippen molar-refractivity contribution in [1.29, 1.82) is 0 Å². The molecule has 9 heteroatoms. The first-order valence-electron chi connectivity index (χ1n) is 11.5. The zero-order valence-electron chi connectivity index (χ0n) is 19.1. The second kappa shape index (κ2) is 8.84. The molecule has 1 N–H and O–H groups in total. The number of nitrogens with zero attached hydrogens (tertiary/aromatic N) is 3. The van der Waals surface area contributed by atoms with E-state index in [1.807, 2.05) is 34.9 Å². The number of pyridine rings is 1. The van der Waals surface area contributed by atoms with E-state index in [-0.39, 0.29) is 17.9 Å². The Morgan fingerprint density at radius 3 is 2.69 bits per heavy atom. The van der Waals surface area contributed by atoms with Crippen LogP contribution in [0.15, 0.2) is 77.7 Å². The van der Waals surface area contributed by atoms with E-state index in [1.54, 1.807) is 30.5 Å². The lowest BCUT2D eigenvalue weighted by molar-refractivity contribution is -0.116. The Hall–Kier alpha value is -4.66. The van der Waals surface area contributed by atoms with Gasteiger partial charge in [-0.1, -0.05) is 30.3 Å². The second-order valence-corrected chi connectivity index (χ2v) is 8.54. The van der Waals surface area contributed by atoms with E-state index in [4.69, 9.17) is 9.47 Å². The van der Waals surface area contributed by atoms with Gasteiger partial charge < -0.3 is 19.4 Å². The van der Waals surface area contributed by atoms with Gasteiger partial charge in [0.05, 0.1) is 11.1 Å². The zero-order chi connectivity index (χ0) is 24.6. The van der Waals surface area contributed by atoms with E-state index in [2.05, 4.69) is 10.4 Å². The van der Waals surface area contributed by atoms with Gasteiger partial charge in [-0.25, -0.2) is 9.07 Å². The van der Waals surface area contributed by atoms with Crippen LogP contribution in [-0.4, -0.2) is 33.5 Å². The first-order chi connectivity index (χ1) is 17.5. The number of nitrogens with one attached hydrogen (secondary N) is 1. The molecule has 180 valence electrons. The lowest BCUT2D eigenvalue weighted by atomic mass is 10.1. The van der Waals surface area contributed by atoms with Gasteiger partial charge in [0.2, 0.25) is 5.91 Å². The Balaban J connectivity index is 1.32. The number of rotatable bonds is 5. The summed E-state index contributed by atoms with van der Waals surface area (Å²) in [5.41, 5.74) is 2.67. The number of halogens is 1. The number of hydrogen-bond donors (Lipinski definition) is 1. The molecule has 0 aromatic heterocycles. The predicted octanol–water partition coefficient (Wildman–Crippen LogP) is 3.90. The van der Waals surface area contributed by atoms with Crippen molar-refractivity contribution in [3.63, 3.8) is 0 Å². The van der Waals surface area contributed by atoms with Crippen LogP contribution < -0.4 is 20.3 Å². The zero-order valence-corrected chi connectivity index (χ0v) is 19.1. The van der Waals surface area contributed by atoms with Gasteiger partial charge in [-0.15, -0.1) is 0 Å². The van der Waals surface area contributed by atoms with Crippen LogP contribution in [0.2, 0.25) is 0 Å². The molecule has 3 aliphatic heterocycles. The van der Waals surface area contributed by atoms with E-state index in [9.17, 15) is 14.0 Å². The van der Waals surface area contributed by atoms with Gasteiger partial charge in [0.15, 0.2) is 11.5 Å². The van der Waals surface area contributed by atoms with Crippen LogP contribution in [0.3, 0.4) is 0 Å². The molecular formula is C27H21FN4O4. The molecule has 36 heavy (non-hydrogen) atoms. The van der Waals surface area contributed by atoms with Crippen molar-refractivity contribution < 1.29 is 18.7 Å². The average molecular weight is 484 g/mol. The molecule has 0 unspecified atom stereocenters. The van der Waals surface area contributed by atoms with Crippen molar-refractivity contribution in [2.45, 2.75) is 13.1 Å². The van der Waals surface area contributed by atoms with E-state index in [1.165, 1.54) is 12.1 Å². The van der Waals surface area contributed by atoms with Crippen molar-refractivity contribution in [3.05, 3.63) is 94.7 Å². The number of hydrogen-bond acceptors (Lipinski definition) is 5. The minimum atomic E-state index is -0.395. The Kier molecular flexibility index (Phi) is 5.37. The van der Waals surface area contributed by atoms with Gasteiger partial charge in [-0.2, -0.15) is 5.10 Å². The summed E-state index contributed by atoms with van der Waals surface area (Å²) in [4.78, 5) is 26.0. The summed E-state index contributed by atoms with van der Waals surface area (Å²) in [5, 5.41) is 8.04. The smallest absolute Gasteiger partial charge is 0.278 e. The summed E-state index contributed by atoms with van der Waals surface area (Å²) in [7, 11) is 0. The highest BCUT2D eigenvalue weighted by Gasteiger charge is 2.21. The average Bonchev–Trinajstić information content (AvgIpc) is 3.19. The van der Waals surface area contributed by atoms with Crippen LogP contribution >= 0.6 is 0 Å². The second-order valence-electron chi connectivity index (χ2n) is 8.54. The largest absolute Gasteiger partial charge is 0.486 e. The molecule has 0 saturated heterocycles. The van der Waals surface area contributed by atoms with Gasteiger partial charge in [0.1, 0.15) is 31.3 Å². The molecule has 3 aromatic carbocycles. The maximum Gasteiger partial charge on any atom is 0.278 e. The fourth-order valence-electron chi connectivity index (χ4n) is 4.45. The summed E-state index contributed by atoms with van der Waals surface area (Å²) in [6.45, 7) is 1.05. The van der Waals surface area contributed by atoms with Crippen molar-refractivity contribution in [1.82, 2.24) is 14.3 Å². The Morgan fingerprint density at radius 2 is 1.83 bits per heavy atom. The summed E-state index contributed by atoms with van der Waals surface area (Å²) in [6, 6.07) is 19.0. The Labute approximate surface area is 204 Å². The van der Waals surface area contributed by atoms with Crippen LogP contribution in [-0.2, 0) is 17.9 Å². The molecule has 0 spiro atoms. The molecule has 0 aliphatic carbocycles. The van der Waals surface area contributed by atoms with Gasteiger partial charge in [0.25, 0.3) is 5.56 Å². The minimum Gasteiger partial charge on any atom is -0.486 e. The van der Waals surface area contributed by atoms with Crippen molar-refractivity contribution >= 4 is 22.5 Å². The van der Waals surface area contributed by atoms with Crippen molar-refractivity contribution in [2.24, 2.45) is 0 Å². The summed E-state index contributed by atoms with van der Waals surface area (Å²) >= 11 is 0. The summed E-state index contributed by atoms with van der Waals surface area (Å²) in [5.74, 6) is 0.467. The van der Waals surface area contributed by atoms with Crippen molar-refractivity contribution in [2.75, 3.05) is 18.5 Å². The van der Waals surface area contributed by atoms with Crippen LogP contribution in [0.4, 0.5) is 10.1 Å². The first-order valence-corrected chi connectivity index (χ1v) is 11.5. The van der Waals surface area contributed by atoms with Crippen LogP contribution in [0.25, 0.3) is 22.2 Å². The lowest BCUT2D eigenvalue weighted by Gasteiger charge is -2.18. The van der Waals surface area contributed by atoms with E-state index in [0.717, 1.165) is 21.1 Å². The number of aromatic nitrogens is 3. The molecule has 0 atom stereocenters. The maximum absolute atomic E-state index is 13.7. The number of carbonyl (C=O) groups is 1. The van der Waals surface area contributed by atoms with Crippen molar-refractivity contribution in [3.8, 4) is 22.8 Å². The number of fused-ring (bicyclic) bond motifs is 4. The topological polar surface area (TPSA) is 87.4 Å². The molecule has 0 saturated carbocycles. The minimum absolute atomic E-state index is 0.250. The molecule has 3 aliphatic rings. The first kappa shape index (κ1) is 21.8. The standard InChI is InChI=1S/C27H21FN4O4/c28-18-5-3-4-17(12-18)14-31-15-21-26(20-6-1-2-7-22(20)31)30-32(27(21)34)16-25(33)29-19-8-9-23-24(13-19)36-11-10-35-23/h1-9,12-13,15H,10-11,14,16H2,(H,29,33). The van der Waals surface area contributed by atoms with E-state index in [0.29, 0.717) is 48.2 Å². The van der Waals surface area contributed by atoms with Gasteiger partial charge in [0, 0.05) is 29.9 Å². The fourth-order valence-corrected chi connectivity index (χ4v) is 4.45. The molecule has 0 bridgehead atoms. The quantitative estimate of drug-likeness (QED) is 0.409. The molecule has 0 radical (unpaired) electrons. The molecule has 3 aromatic rings. The van der Waals surface area contributed by atoms with Crippen LogP contribution in [0.1, 0.15) is 5.56 Å². The van der Waals surface area contributed by atoms with Crippen LogP contribution in [0, 0.1) is 5.82 Å². The highest BCUT2D eigenvalue weighted by molar-refractivity contribution is 5.94. The number of para-hydroxylation sites is 1. The highest BCUT2D eigenvalue weighted by Crippen LogP contribution is 2.32. The normalized spacial score (nSPS) is 12.7. The molecule has 6 rings (SSSR count). The SMILES string of the molecule is O=C(Cn1nc2c3ccccc3n(Cc3cccc(F)c3)cc-2c1=O)Nc1ccc2c(c1)OCCO2. The van der Waals surface area contributed by atoms with Gasteiger partial charge in [-0.3, -0.25) is 9.59 Å². The third-order valence-electron chi connectivity index (χ3n) is 6.06. The number of benzene rings is 3. The monoisotopic (exact) mass is 484 g/mol. The van der Waals surface area contributed by atoms with Gasteiger partial charge >= 0.3 is 0 Å². The van der Waals surface area contributed by atoms with E-state index < -0.39 is 5.91 Å². The molecule has 8 nitrogen and oxygen atoms in total. The number of anilines is 1. The van der Waals surface area contributed by atoms with E-state index >= 15 is 0 Å². The highest BCUT2D eigenvalue weighted by atomic mass is 19.1. The molecule has 1 amide bonds. The predicted molar refractivity (Wildman–Crippen MR) is 132 cm³/mol. The Morgan fingerprint density at radius 1 is 1.00 bits per heavy atom. The summed E-state index contributed by atoms with van der Waals surface area (Å²) in [6.07, 6.45) is 1.72. The maximum atomic E-state index is 13.7. The third kappa shape index (κ3) is 4.04.